The van der Waals surface area contributed by atoms with Crippen LogP contribution in [0.15, 0.2) is 0 Å². The van der Waals surface area contributed by atoms with Gasteiger partial charge in [-0.15, -0.1) is 12.4 Å². The van der Waals surface area contributed by atoms with E-state index in [4.69, 9.17) is 14.9 Å². The number of carbonyl (C=O) groups excluding carboxylic acids is 1. The zero-order valence-corrected chi connectivity index (χ0v) is 10.5. The number of hydrogen-bond acceptors (Lipinski definition) is 4. The van der Waals surface area contributed by atoms with Crippen LogP contribution in [0.4, 0.5) is 4.79 Å². The fourth-order valence-corrected chi connectivity index (χ4v) is 0.823. The summed E-state index contributed by atoms with van der Waals surface area (Å²) in [5.41, 5.74) is -0.703. The number of carboxylic acid groups (broad SMARTS) is 1. The average Bonchev–Trinajstić information content (AvgIpc) is 1.95. The molecule has 0 aliphatic carbocycles. The topological polar surface area (TPSA) is 95.9 Å². The number of halogens is 1. The van der Waals surface area contributed by atoms with E-state index in [-0.39, 0.29) is 12.4 Å². The summed E-state index contributed by atoms with van der Waals surface area (Å²) in [6.45, 7) is 6.25. The number of aliphatic hydroxyl groups is 1. The number of alkyl carbamates (subject to hydrolysis) is 1. The first-order valence-corrected chi connectivity index (χ1v) is 4.54. The van der Waals surface area contributed by atoms with Gasteiger partial charge in [-0.05, 0) is 27.7 Å². The van der Waals surface area contributed by atoms with E-state index in [1.807, 2.05) is 0 Å². The van der Waals surface area contributed by atoms with Crippen LogP contribution in [0.2, 0.25) is 0 Å². The summed E-state index contributed by atoms with van der Waals surface area (Å²) in [6.07, 6.45) is -2.05. The van der Waals surface area contributed by atoms with Crippen molar-refractivity contribution in [1.29, 1.82) is 0 Å². The minimum Gasteiger partial charge on any atom is -0.480 e. The van der Waals surface area contributed by atoms with Crippen LogP contribution in [-0.4, -0.2) is 40.0 Å². The third-order valence-corrected chi connectivity index (χ3v) is 1.42. The highest BCUT2D eigenvalue weighted by molar-refractivity contribution is 5.85. The van der Waals surface area contributed by atoms with Gasteiger partial charge in [0.2, 0.25) is 0 Å². The van der Waals surface area contributed by atoms with Crippen LogP contribution in [0.3, 0.4) is 0 Å². The smallest absolute Gasteiger partial charge is 0.408 e. The molecule has 0 aromatic rings. The highest BCUT2D eigenvalue weighted by Gasteiger charge is 2.27. The molecule has 1 amide bonds. The fraction of sp³-hybridized carbons (Fsp3) is 0.778. The Kier molecular flexibility index (Phi) is 7.11. The van der Waals surface area contributed by atoms with Gasteiger partial charge in [-0.3, -0.25) is 0 Å². The molecule has 2 atom stereocenters. The third-order valence-electron chi connectivity index (χ3n) is 1.42. The van der Waals surface area contributed by atoms with Crippen LogP contribution < -0.4 is 5.32 Å². The SMILES string of the molecule is C[C@@H](O)[C@@H](NC(=O)OC(C)(C)C)C(=O)O.Cl. The second kappa shape index (κ2) is 6.55. The second-order valence-corrected chi connectivity index (χ2v) is 4.20. The highest BCUT2D eigenvalue weighted by atomic mass is 35.5. The summed E-state index contributed by atoms with van der Waals surface area (Å²) in [4.78, 5) is 21.8. The van der Waals surface area contributed by atoms with Crippen LogP contribution in [0, 0.1) is 0 Å². The van der Waals surface area contributed by atoms with E-state index in [9.17, 15) is 9.59 Å². The standard InChI is InChI=1S/C9H17NO5.ClH/c1-5(11)6(7(12)13)10-8(14)15-9(2,3)4;/h5-6,11H,1-4H3,(H,10,14)(H,12,13);1H/t5-,6-;/m1./s1. The van der Waals surface area contributed by atoms with E-state index in [0.717, 1.165) is 0 Å². The number of aliphatic carboxylic acids is 1. The van der Waals surface area contributed by atoms with Crippen molar-refractivity contribution >= 4 is 24.5 Å². The molecule has 0 unspecified atom stereocenters. The van der Waals surface area contributed by atoms with Crippen LogP contribution in [0.25, 0.3) is 0 Å². The minimum absolute atomic E-state index is 0. The summed E-state index contributed by atoms with van der Waals surface area (Å²) in [7, 11) is 0. The van der Waals surface area contributed by atoms with Crippen molar-refractivity contribution in [2.24, 2.45) is 0 Å². The van der Waals surface area contributed by atoms with Crippen LogP contribution >= 0.6 is 12.4 Å². The molecule has 0 saturated carbocycles. The van der Waals surface area contributed by atoms with Gasteiger partial charge in [0, 0.05) is 0 Å². The van der Waals surface area contributed by atoms with E-state index < -0.39 is 29.8 Å². The van der Waals surface area contributed by atoms with Crippen molar-refractivity contribution in [3.05, 3.63) is 0 Å². The lowest BCUT2D eigenvalue weighted by molar-refractivity contribution is -0.142. The average molecular weight is 256 g/mol. The first-order valence-electron chi connectivity index (χ1n) is 4.54. The van der Waals surface area contributed by atoms with Gasteiger partial charge in [-0.25, -0.2) is 9.59 Å². The fourth-order valence-electron chi connectivity index (χ4n) is 0.823. The Bertz CT molecular complexity index is 249. The Labute approximate surface area is 100 Å². The predicted molar refractivity (Wildman–Crippen MR) is 59.7 cm³/mol. The van der Waals surface area contributed by atoms with Crippen molar-refractivity contribution in [1.82, 2.24) is 5.32 Å². The van der Waals surface area contributed by atoms with Crippen LogP contribution in [0.5, 0.6) is 0 Å². The normalized spacial score (nSPS) is 14.3. The summed E-state index contributed by atoms with van der Waals surface area (Å²) in [5.74, 6) is -1.31. The van der Waals surface area contributed by atoms with Gasteiger partial charge in [0.25, 0.3) is 0 Å². The number of aliphatic hydroxyl groups excluding tert-OH is 1. The Morgan fingerprint density at radius 1 is 1.31 bits per heavy atom. The molecule has 0 aliphatic rings. The van der Waals surface area contributed by atoms with Gasteiger partial charge < -0.3 is 20.3 Å². The van der Waals surface area contributed by atoms with E-state index in [1.54, 1.807) is 20.8 Å². The maximum Gasteiger partial charge on any atom is 0.408 e. The Hall–Kier alpha value is -1.01. The molecule has 16 heavy (non-hydrogen) atoms. The van der Waals surface area contributed by atoms with Gasteiger partial charge in [0.1, 0.15) is 5.60 Å². The maximum atomic E-state index is 11.2. The molecular formula is C9H18ClNO5. The molecule has 6 nitrogen and oxygen atoms in total. The molecule has 0 heterocycles. The summed E-state index contributed by atoms with van der Waals surface area (Å²) in [6, 6.07) is -1.36. The monoisotopic (exact) mass is 255 g/mol. The molecule has 3 N–H and O–H groups in total. The first kappa shape index (κ1) is 17.4. The van der Waals surface area contributed by atoms with Gasteiger partial charge in [0.05, 0.1) is 6.10 Å². The molecule has 0 aromatic heterocycles. The zero-order valence-electron chi connectivity index (χ0n) is 9.68. The van der Waals surface area contributed by atoms with Gasteiger partial charge in [0.15, 0.2) is 6.04 Å². The lowest BCUT2D eigenvalue weighted by Crippen LogP contribution is -2.49. The quantitative estimate of drug-likeness (QED) is 0.692. The summed E-state index contributed by atoms with van der Waals surface area (Å²) < 4.78 is 4.84. The molecule has 0 rings (SSSR count). The molecule has 0 spiro atoms. The van der Waals surface area contributed by atoms with Crippen LogP contribution in [0.1, 0.15) is 27.7 Å². The Morgan fingerprint density at radius 2 is 1.75 bits per heavy atom. The van der Waals surface area contributed by atoms with Crippen molar-refractivity contribution < 1.29 is 24.5 Å². The third kappa shape index (κ3) is 7.30. The van der Waals surface area contributed by atoms with E-state index in [0.29, 0.717) is 0 Å². The lowest BCUT2D eigenvalue weighted by Gasteiger charge is -2.22. The van der Waals surface area contributed by atoms with Crippen molar-refractivity contribution in [3.63, 3.8) is 0 Å². The molecule has 7 heteroatoms. The number of nitrogens with one attached hydrogen (secondary N) is 1. The number of carboxylic acids is 1. The minimum atomic E-state index is -1.36. The maximum absolute atomic E-state index is 11.2. The molecule has 0 aliphatic heterocycles. The molecule has 0 radical (unpaired) electrons. The summed E-state index contributed by atoms with van der Waals surface area (Å²) in [5, 5.41) is 19.8. The molecule has 0 bridgehead atoms. The van der Waals surface area contributed by atoms with Crippen molar-refractivity contribution in [2.75, 3.05) is 0 Å². The second-order valence-electron chi connectivity index (χ2n) is 4.20. The Morgan fingerprint density at radius 3 is 2.00 bits per heavy atom. The molecule has 0 aromatic carbocycles. The number of rotatable bonds is 3. The Balaban J connectivity index is 0. The van der Waals surface area contributed by atoms with E-state index in [1.165, 1.54) is 6.92 Å². The van der Waals surface area contributed by atoms with Gasteiger partial charge in [-0.2, -0.15) is 0 Å². The van der Waals surface area contributed by atoms with Gasteiger partial charge in [-0.1, -0.05) is 0 Å². The molecular weight excluding hydrogens is 238 g/mol. The number of ether oxygens (including phenoxy) is 1. The molecule has 0 saturated heterocycles. The lowest BCUT2D eigenvalue weighted by atomic mass is 10.2. The van der Waals surface area contributed by atoms with E-state index >= 15 is 0 Å². The largest absolute Gasteiger partial charge is 0.480 e. The molecule has 96 valence electrons. The van der Waals surface area contributed by atoms with Gasteiger partial charge >= 0.3 is 12.1 Å². The highest BCUT2D eigenvalue weighted by Crippen LogP contribution is 2.07. The number of hydrogen-bond donors (Lipinski definition) is 3. The first-order chi connectivity index (χ1) is 6.63. The predicted octanol–water partition coefficient (Wildman–Crippen LogP) is 0.767. The number of amides is 1. The van der Waals surface area contributed by atoms with Crippen LogP contribution in [-0.2, 0) is 9.53 Å². The molecule has 0 fully saturated rings. The van der Waals surface area contributed by atoms with E-state index in [2.05, 4.69) is 5.32 Å². The zero-order chi connectivity index (χ0) is 12.2. The van der Waals surface area contributed by atoms with Crippen molar-refractivity contribution in [2.45, 2.75) is 45.4 Å². The number of carbonyl (C=O) groups is 2. The van der Waals surface area contributed by atoms with Crippen molar-refractivity contribution in [3.8, 4) is 0 Å². The summed E-state index contributed by atoms with van der Waals surface area (Å²) >= 11 is 0.